The molecule has 0 spiro atoms. The predicted molar refractivity (Wildman–Crippen MR) is 95.9 cm³/mol. The lowest BCUT2D eigenvalue weighted by Crippen LogP contribution is -1.95. The van der Waals surface area contributed by atoms with Crippen molar-refractivity contribution in [1.82, 2.24) is 4.98 Å². The van der Waals surface area contributed by atoms with Gasteiger partial charge in [-0.2, -0.15) is 0 Å². The third-order valence-corrected chi connectivity index (χ3v) is 4.39. The summed E-state index contributed by atoms with van der Waals surface area (Å²) >= 11 is 0. The van der Waals surface area contributed by atoms with Crippen LogP contribution in [0.2, 0.25) is 0 Å². The third-order valence-electron chi connectivity index (χ3n) is 4.39. The lowest BCUT2D eigenvalue weighted by atomic mass is 9.93. The van der Waals surface area contributed by atoms with Gasteiger partial charge in [0.2, 0.25) is 0 Å². The van der Waals surface area contributed by atoms with Crippen LogP contribution in [0.15, 0.2) is 60.8 Å². The van der Waals surface area contributed by atoms with E-state index in [1.54, 1.807) is 6.07 Å². The molecule has 3 heteroatoms. The molecular formula is C21H17FN2. The Hall–Kier alpha value is -2.94. The summed E-state index contributed by atoms with van der Waals surface area (Å²) in [5.74, 6) is -0.198. The second kappa shape index (κ2) is 5.93. The highest BCUT2D eigenvalue weighted by Crippen LogP contribution is 2.34. The molecule has 0 amide bonds. The molecule has 2 aromatic carbocycles. The van der Waals surface area contributed by atoms with Crippen LogP contribution in [0.5, 0.6) is 0 Å². The number of fused-ring (bicyclic) bond motifs is 2. The molecule has 1 aliphatic carbocycles. The summed E-state index contributed by atoms with van der Waals surface area (Å²) in [7, 11) is 0. The maximum Gasteiger partial charge on any atom is 0.123 e. The highest BCUT2D eigenvalue weighted by molar-refractivity contribution is 5.93. The number of hydrogen-bond acceptors (Lipinski definition) is 2. The fourth-order valence-corrected chi connectivity index (χ4v) is 3.28. The standard InChI is InChI=1S/C21H17FN2/c22-16-7-8-18-15(13-16)6-9-21-19(5-2-10-24-21)20(18)12-14-3-1-4-17(23)11-14/h1-5,7-8,10-13H,6,9,23H2. The molecule has 0 saturated heterocycles. The zero-order valence-corrected chi connectivity index (χ0v) is 13.2. The highest BCUT2D eigenvalue weighted by atomic mass is 19.1. The van der Waals surface area contributed by atoms with Crippen molar-refractivity contribution in [1.29, 1.82) is 0 Å². The number of anilines is 1. The van der Waals surface area contributed by atoms with E-state index in [-0.39, 0.29) is 5.82 Å². The van der Waals surface area contributed by atoms with Crippen LogP contribution in [0.3, 0.4) is 0 Å². The van der Waals surface area contributed by atoms with Crippen molar-refractivity contribution >= 4 is 17.3 Å². The number of halogens is 1. The Morgan fingerprint density at radius 3 is 2.75 bits per heavy atom. The molecule has 0 unspecified atom stereocenters. The molecule has 4 rings (SSSR count). The summed E-state index contributed by atoms with van der Waals surface area (Å²) < 4.78 is 13.7. The van der Waals surface area contributed by atoms with E-state index in [1.165, 1.54) is 6.07 Å². The highest BCUT2D eigenvalue weighted by Gasteiger charge is 2.19. The van der Waals surface area contributed by atoms with Gasteiger partial charge in [-0.15, -0.1) is 0 Å². The molecule has 118 valence electrons. The SMILES string of the molecule is Nc1cccc(C=C2c3ccc(F)cc3CCc3ncccc32)c1. The summed E-state index contributed by atoms with van der Waals surface area (Å²) in [6, 6.07) is 16.8. The van der Waals surface area contributed by atoms with Crippen molar-refractivity contribution in [3.05, 3.63) is 94.6 Å². The van der Waals surface area contributed by atoms with E-state index in [9.17, 15) is 4.39 Å². The molecule has 2 N–H and O–H groups in total. The van der Waals surface area contributed by atoms with Crippen LogP contribution in [0.4, 0.5) is 10.1 Å². The van der Waals surface area contributed by atoms with Gasteiger partial charge in [-0.05, 0) is 71.5 Å². The quantitative estimate of drug-likeness (QED) is 0.672. The topological polar surface area (TPSA) is 38.9 Å². The summed E-state index contributed by atoms with van der Waals surface area (Å²) in [5, 5.41) is 0. The molecule has 0 fully saturated rings. The first-order chi connectivity index (χ1) is 11.7. The molecule has 24 heavy (non-hydrogen) atoms. The number of rotatable bonds is 1. The van der Waals surface area contributed by atoms with Crippen LogP contribution >= 0.6 is 0 Å². The summed E-state index contributed by atoms with van der Waals surface area (Å²) in [6.07, 6.45) is 5.51. The van der Waals surface area contributed by atoms with Gasteiger partial charge in [0.15, 0.2) is 0 Å². The Bertz CT molecular complexity index is 944. The van der Waals surface area contributed by atoms with Gasteiger partial charge in [0, 0.05) is 23.1 Å². The van der Waals surface area contributed by atoms with Gasteiger partial charge >= 0.3 is 0 Å². The Morgan fingerprint density at radius 1 is 0.958 bits per heavy atom. The monoisotopic (exact) mass is 316 g/mol. The van der Waals surface area contributed by atoms with Gasteiger partial charge < -0.3 is 5.73 Å². The van der Waals surface area contributed by atoms with Crippen LogP contribution in [0, 0.1) is 5.82 Å². The fraction of sp³-hybridized carbons (Fsp3) is 0.0952. The van der Waals surface area contributed by atoms with E-state index in [1.807, 2.05) is 42.6 Å². The molecule has 3 aromatic rings. The third kappa shape index (κ3) is 2.69. The predicted octanol–water partition coefficient (Wildman–Crippen LogP) is 4.49. The van der Waals surface area contributed by atoms with E-state index in [4.69, 9.17) is 5.73 Å². The number of pyridine rings is 1. The van der Waals surface area contributed by atoms with Crippen molar-refractivity contribution < 1.29 is 4.39 Å². The van der Waals surface area contributed by atoms with Gasteiger partial charge in [0.1, 0.15) is 5.82 Å². The van der Waals surface area contributed by atoms with E-state index in [0.29, 0.717) is 0 Å². The van der Waals surface area contributed by atoms with Crippen molar-refractivity contribution in [3.63, 3.8) is 0 Å². The zero-order valence-electron chi connectivity index (χ0n) is 13.2. The van der Waals surface area contributed by atoms with Gasteiger partial charge in [0.25, 0.3) is 0 Å². The molecular weight excluding hydrogens is 299 g/mol. The Morgan fingerprint density at radius 2 is 1.88 bits per heavy atom. The molecule has 1 aromatic heterocycles. The number of nitrogens with two attached hydrogens (primary N) is 1. The molecule has 0 aliphatic heterocycles. The van der Waals surface area contributed by atoms with Crippen LogP contribution in [0.25, 0.3) is 11.6 Å². The normalized spacial score (nSPS) is 14.8. The number of nitrogens with zero attached hydrogens (tertiary/aromatic N) is 1. The van der Waals surface area contributed by atoms with Crippen molar-refractivity contribution in [2.75, 3.05) is 5.73 Å². The second-order valence-electron chi connectivity index (χ2n) is 6.03. The summed E-state index contributed by atoms with van der Waals surface area (Å²) in [6.45, 7) is 0. The van der Waals surface area contributed by atoms with E-state index < -0.39 is 0 Å². The number of nitrogen functional groups attached to an aromatic ring is 1. The maximum absolute atomic E-state index is 13.7. The second-order valence-corrected chi connectivity index (χ2v) is 6.03. The molecule has 0 radical (unpaired) electrons. The van der Waals surface area contributed by atoms with Crippen LogP contribution in [-0.2, 0) is 12.8 Å². The zero-order chi connectivity index (χ0) is 16.5. The Labute approximate surface area is 140 Å². The van der Waals surface area contributed by atoms with Crippen molar-refractivity contribution in [2.45, 2.75) is 12.8 Å². The fourth-order valence-electron chi connectivity index (χ4n) is 3.28. The van der Waals surface area contributed by atoms with Gasteiger partial charge in [-0.3, -0.25) is 4.98 Å². The molecule has 1 heterocycles. The van der Waals surface area contributed by atoms with Gasteiger partial charge in [-0.25, -0.2) is 4.39 Å². The molecule has 1 aliphatic rings. The average molecular weight is 316 g/mol. The number of hydrogen-bond donors (Lipinski definition) is 1. The molecule has 0 atom stereocenters. The minimum Gasteiger partial charge on any atom is -0.399 e. The molecule has 2 nitrogen and oxygen atoms in total. The Kier molecular flexibility index (Phi) is 3.62. The average Bonchev–Trinajstić information content (AvgIpc) is 2.73. The lowest BCUT2D eigenvalue weighted by Gasteiger charge is -2.12. The first-order valence-electron chi connectivity index (χ1n) is 8.01. The smallest absolute Gasteiger partial charge is 0.123 e. The van der Waals surface area contributed by atoms with Gasteiger partial charge in [0.05, 0.1) is 0 Å². The number of aromatic nitrogens is 1. The van der Waals surface area contributed by atoms with Crippen LogP contribution < -0.4 is 5.73 Å². The number of aryl methyl sites for hydroxylation is 2. The maximum atomic E-state index is 13.7. The summed E-state index contributed by atoms with van der Waals surface area (Å²) in [5.41, 5.74) is 13.0. The number of benzene rings is 2. The molecule has 0 bridgehead atoms. The van der Waals surface area contributed by atoms with E-state index in [2.05, 4.69) is 17.1 Å². The van der Waals surface area contributed by atoms with Crippen LogP contribution in [0.1, 0.15) is 27.9 Å². The largest absolute Gasteiger partial charge is 0.399 e. The van der Waals surface area contributed by atoms with Gasteiger partial charge in [-0.1, -0.05) is 24.3 Å². The van der Waals surface area contributed by atoms with Crippen molar-refractivity contribution in [2.24, 2.45) is 0 Å². The van der Waals surface area contributed by atoms with E-state index >= 15 is 0 Å². The minimum absolute atomic E-state index is 0.198. The van der Waals surface area contributed by atoms with E-state index in [0.717, 1.165) is 52.0 Å². The first-order valence-corrected chi connectivity index (χ1v) is 8.01. The van der Waals surface area contributed by atoms with Crippen LogP contribution in [-0.4, -0.2) is 4.98 Å². The molecule has 0 saturated carbocycles. The van der Waals surface area contributed by atoms with Crippen molar-refractivity contribution in [3.8, 4) is 0 Å². The minimum atomic E-state index is -0.198. The summed E-state index contributed by atoms with van der Waals surface area (Å²) in [4.78, 5) is 4.53. The first kappa shape index (κ1) is 14.6. The lowest BCUT2D eigenvalue weighted by molar-refractivity contribution is 0.625. The Balaban J connectivity index is 1.97.